The number of halogens is 1. The minimum absolute atomic E-state index is 0.287. The van der Waals surface area contributed by atoms with E-state index in [2.05, 4.69) is 20.3 Å². The molecule has 1 aromatic heterocycles. The highest BCUT2D eigenvalue weighted by Crippen LogP contribution is 2.20. The lowest BCUT2D eigenvalue weighted by Crippen LogP contribution is -2.25. The number of hydrogen-bond acceptors (Lipinski definition) is 3. The lowest BCUT2D eigenvalue weighted by molar-refractivity contribution is 0.562. The molecule has 0 amide bonds. The first-order valence-corrected chi connectivity index (χ1v) is 6.87. The van der Waals surface area contributed by atoms with E-state index in [1.807, 2.05) is 32.2 Å². The van der Waals surface area contributed by atoms with Crippen LogP contribution in [-0.2, 0) is 11.4 Å². The van der Waals surface area contributed by atoms with Crippen molar-refractivity contribution in [2.24, 2.45) is 4.40 Å². The molecular weight excluding hydrogens is 282 g/mol. The van der Waals surface area contributed by atoms with Gasteiger partial charge in [-0.2, -0.15) is 0 Å². The third-order valence-electron chi connectivity index (χ3n) is 1.39. The van der Waals surface area contributed by atoms with Gasteiger partial charge in [-0.25, -0.2) is 0 Å². The Labute approximate surface area is 99.9 Å². The Balaban J connectivity index is 2.65. The smallest absolute Gasteiger partial charge is 0.144 e. The number of hydrogen-bond donors (Lipinski definition) is 0. The quantitative estimate of drug-likeness (QED) is 0.608. The monoisotopic (exact) mass is 293 g/mol. The Hall–Kier alpha value is 0.160. The molecule has 1 aromatic rings. The first-order valence-electron chi connectivity index (χ1n) is 4.10. The van der Waals surface area contributed by atoms with E-state index in [9.17, 15) is 4.55 Å². The molecule has 14 heavy (non-hydrogen) atoms. The predicted octanol–water partition coefficient (Wildman–Crippen LogP) is 3.39. The first kappa shape index (κ1) is 12.2. The molecule has 0 aromatic carbocycles. The number of thiophene rings is 1. The Morgan fingerprint density at radius 1 is 1.57 bits per heavy atom. The molecule has 0 aliphatic heterocycles. The van der Waals surface area contributed by atoms with Crippen molar-refractivity contribution < 1.29 is 4.55 Å². The van der Waals surface area contributed by atoms with Gasteiger partial charge in [0, 0.05) is 9.85 Å². The van der Waals surface area contributed by atoms with Gasteiger partial charge in [-0.05, 0) is 42.8 Å². The largest absolute Gasteiger partial charge is 0.591 e. The van der Waals surface area contributed by atoms with Crippen LogP contribution in [0.25, 0.3) is 0 Å². The van der Waals surface area contributed by atoms with Crippen LogP contribution >= 0.6 is 27.3 Å². The van der Waals surface area contributed by atoms with Crippen molar-refractivity contribution in [3.8, 4) is 0 Å². The van der Waals surface area contributed by atoms with Crippen molar-refractivity contribution >= 4 is 44.8 Å². The second kappa shape index (κ2) is 4.79. The molecule has 0 bridgehead atoms. The van der Waals surface area contributed by atoms with Crippen molar-refractivity contribution in [3.63, 3.8) is 0 Å². The van der Waals surface area contributed by atoms with Crippen LogP contribution in [0, 0.1) is 0 Å². The van der Waals surface area contributed by atoms with Crippen molar-refractivity contribution in [1.82, 2.24) is 0 Å². The summed E-state index contributed by atoms with van der Waals surface area (Å²) in [5.74, 6) is 0. The summed E-state index contributed by atoms with van der Waals surface area (Å²) in [6, 6.07) is 1.95. The summed E-state index contributed by atoms with van der Waals surface area (Å²) in [5, 5.41) is 1.97. The molecule has 0 saturated heterocycles. The second-order valence-corrected chi connectivity index (χ2v) is 7.56. The highest BCUT2D eigenvalue weighted by atomic mass is 79.9. The fraction of sp³-hybridized carbons (Fsp3) is 0.444. The summed E-state index contributed by atoms with van der Waals surface area (Å²) < 4.78 is 16.3. The van der Waals surface area contributed by atoms with Crippen molar-refractivity contribution in [2.45, 2.75) is 25.5 Å². The molecule has 1 unspecified atom stereocenters. The zero-order chi connectivity index (χ0) is 10.8. The molecule has 2 nitrogen and oxygen atoms in total. The molecule has 0 aliphatic rings. The standard InChI is InChI=1S/C9H12BrNOS2/c1-9(2,3)14(12)11-5-8-4-7(10)6-13-8/h4-6H,1-3H3/b11-5+. The van der Waals surface area contributed by atoms with Gasteiger partial charge in [0.15, 0.2) is 0 Å². The third kappa shape index (κ3) is 3.73. The summed E-state index contributed by atoms with van der Waals surface area (Å²) >= 11 is 3.76. The fourth-order valence-corrected chi connectivity index (χ4v) is 2.55. The van der Waals surface area contributed by atoms with Gasteiger partial charge < -0.3 is 4.55 Å². The fourth-order valence-electron chi connectivity index (χ4n) is 0.654. The molecule has 0 radical (unpaired) electrons. The van der Waals surface area contributed by atoms with Crippen LogP contribution in [0.4, 0.5) is 0 Å². The molecule has 0 spiro atoms. The average Bonchev–Trinajstić information content (AvgIpc) is 2.45. The highest BCUT2D eigenvalue weighted by Gasteiger charge is 2.25. The molecule has 1 atom stereocenters. The van der Waals surface area contributed by atoms with E-state index >= 15 is 0 Å². The summed E-state index contributed by atoms with van der Waals surface area (Å²) in [6.07, 6.45) is 1.66. The van der Waals surface area contributed by atoms with Crippen LogP contribution in [0.1, 0.15) is 25.6 Å². The van der Waals surface area contributed by atoms with E-state index in [1.165, 1.54) is 0 Å². The molecule has 0 fully saturated rings. The second-order valence-electron chi connectivity index (χ2n) is 3.76. The molecule has 0 saturated carbocycles. The molecule has 78 valence electrons. The summed E-state index contributed by atoms with van der Waals surface area (Å²) in [4.78, 5) is 1.01. The maximum Gasteiger partial charge on any atom is 0.144 e. The normalized spacial score (nSPS) is 14.9. The van der Waals surface area contributed by atoms with Crippen LogP contribution in [0.2, 0.25) is 0 Å². The zero-order valence-electron chi connectivity index (χ0n) is 8.28. The third-order valence-corrected chi connectivity index (χ3v) is 4.36. The van der Waals surface area contributed by atoms with Crippen molar-refractivity contribution in [3.05, 3.63) is 20.8 Å². The summed E-state index contributed by atoms with van der Waals surface area (Å²) in [6.45, 7) is 5.72. The zero-order valence-corrected chi connectivity index (χ0v) is 11.5. The van der Waals surface area contributed by atoms with Crippen LogP contribution < -0.4 is 0 Å². The Bertz CT molecular complexity index is 330. The van der Waals surface area contributed by atoms with Gasteiger partial charge in [-0.1, -0.05) is 4.40 Å². The van der Waals surface area contributed by atoms with Gasteiger partial charge in [0.2, 0.25) is 0 Å². The highest BCUT2D eigenvalue weighted by molar-refractivity contribution is 9.10. The maximum atomic E-state index is 11.6. The summed E-state index contributed by atoms with van der Waals surface area (Å²) in [5.41, 5.74) is 0. The van der Waals surface area contributed by atoms with Crippen LogP contribution in [0.15, 0.2) is 20.3 Å². The van der Waals surface area contributed by atoms with Gasteiger partial charge in [0.1, 0.15) is 16.1 Å². The van der Waals surface area contributed by atoms with E-state index in [0.29, 0.717) is 0 Å². The van der Waals surface area contributed by atoms with Gasteiger partial charge in [0.05, 0.1) is 11.1 Å². The summed E-state index contributed by atoms with van der Waals surface area (Å²) in [7, 11) is 0. The van der Waals surface area contributed by atoms with Crippen LogP contribution in [0.3, 0.4) is 0 Å². The van der Waals surface area contributed by atoms with Crippen LogP contribution in [0.5, 0.6) is 0 Å². The molecular formula is C9H12BrNOS2. The van der Waals surface area contributed by atoms with Gasteiger partial charge >= 0.3 is 0 Å². The van der Waals surface area contributed by atoms with E-state index in [1.54, 1.807) is 17.6 Å². The van der Waals surface area contributed by atoms with E-state index in [-0.39, 0.29) is 4.75 Å². The molecule has 0 aliphatic carbocycles. The minimum Gasteiger partial charge on any atom is -0.591 e. The van der Waals surface area contributed by atoms with Gasteiger partial charge in [-0.15, -0.1) is 11.3 Å². The topological polar surface area (TPSA) is 35.4 Å². The minimum atomic E-state index is -1.17. The predicted molar refractivity (Wildman–Crippen MR) is 67.5 cm³/mol. The molecule has 5 heteroatoms. The van der Waals surface area contributed by atoms with Crippen molar-refractivity contribution in [1.29, 1.82) is 0 Å². The first-order chi connectivity index (χ1) is 6.39. The molecule has 1 heterocycles. The number of nitrogens with zero attached hydrogens (tertiary/aromatic N) is 1. The Morgan fingerprint density at radius 2 is 2.21 bits per heavy atom. The average molecular weight is 294 g/mol. The lowest BCUT2D eigenvalue weighted by Gasteiger charge is -2.17. The Morgan fingerprint density at radius 3 is 2.64 bits per heavy atom. The van der Waals surface area contributed by atoms with Gasteiger partial charge in [0.25, 0.3) is 0 Å². The van der Waals surface area contributed by atoms with Crippen LogP contribution in [-0.4, -0.2) is 15.5 Å². The van der Waals surface area contributed by atoms with E-state index in [0.717, 1.165) is 9.35 Å². The molecule has 0 N–H and O–H groups in total. The SMILES string of the molecule is CC(C)(C)[S+]([O-])/N=C/c1cc(Br)cs1. The maximum absolute atomic E-state index is 11.6. The Kier molecular flexibility index (Phi) is 4.18. The van der Waals surface area contributed by atoms with Crippen molar-refractivity contribution in [2.75, 3.05) is 0 Å². The van der Waals surface area contributed by atoms with E-state index < -0.39 is 11.4 Å². The number of rotatable bonds is 2. The molecule has 1 rings (SSSR count). The lowest BCUT2D eigenvalue weighted by atomic mass is 10.3. The van der Waals surface area contributed by atoms with E-state index in [4.69, 9.17) is 0 Å². The van der Waals surface area contributed by atoms with Gasteiger partial charge in [-0.3, -0.25) is 0 Å².